The average Bonchev–Trinajstić information content (AvgIpc) is 2.81. The van der Waals surface area contributed by atoms with E-state index in [0.29, 0.717) is 44.8 Å². The van der Waals surface area contributed by atoms with E-state index in [0.717, 1.165) is 31.7 Å². The third kappa shape index (κ3) is 12.3. The summed E-state index contributed by atoms with van der Waals surface area (Å²) in [5.74, 6) is -3.06. The van der Waals surface area contributed by atoms with Crippen LogP contribution in [0.25, 0.3) is 0 Å². The Morgan fingerprint density at radius 1 is 0.784 bits per heavy atom. The van der Waals surface area contributed by atoms with E-state index in [1.165, 1.54) is 4.90 Å². The molecule has 1 fully saturated rings. The van der Waals surface area contributed by atoms with Gasteiger partial charge >= 0.3 is 17.9 Å². The highest BCUT2D eigenvalue weighted by atomic mass is 16.4. The number of nitrogens with zero attached hydrogens (tertiary/aromatic N) is 5. The highest BCUT2D eigenvalue weighted by Crippen LogP contribution is 2.14. The molecule has 0 aliphatic carbocycles. The lowest BCUT2D eigenvalue weighted by Crippen LogP contribution is -2.52. The van der Waals surface area contributed by atoms with Gasteiger partial charge in [-0.2, -0.15) is 0 Å². The van der Waals surface area contributed by atoms with Crippen molar-refractivity contribution in [3.63, 3.8) is 0 Å². The molecule has 0 aromatic heterocycles. The van der Waals surface area contributed by atoms with E-state index in [-0.39, 0.29) is 12.6 Å². The Labute approximate surface area is 218 Å². The number of hydrogen-bond acceptors (Lipinski definition) is 9. The van der Waals surface area contributed by atoms with E-state index < -0.39 is 31.0 Å². The number of nitrogen functional groups attached to an aromatic ring is 1. The fraction of sp³-hybridized carbons (Fsp3) is 0.640. The summed E-state index contributed by atoms with van der Waals surface area (Å²) in [7, 11) is 4.09. The first-order chi connectivity index (χ1) is 17.5. The molecule has 1 saturated heterocycles. The van der Waals surface area contributed by atoms with Crippen LogP contribution in [0.15, 0.2) is 24.3 Å². The van der Waals surface area contributed by atoms with Crippen molar-refractivity contribution in [1.82, 2.24) is 24.5 Å². The van der Waals surface area contributed by atoms with E-state index in [1.54, 1.807) is 12.1 Å². The molecular formula is C25H42N6O6. The maximum absolute atomic E-state index is 11.6. The molecule has 12 nitrogen and oxygen atoms in total. The molecule has 0 amide bonds. The van der Waals surface area contributed by atoms with Gasteiger partial charge in [-0.3, -0.25) is 29.1 Å². The van der Waals surface area contributed by atoms with Crippen LogP contribution in [0.1, 0.15) is 5.56 Å². The zero-order valence-electron chi connectivity index (χ0n) is 22.0. The molecule has 5 N–H and O–H groups in total. The lowest BCUT2D eigenvalue weighted by molar-refractivity contribution is -0.143. The monoisotopic (exact) mass is 522 g/mol. The van der Waals surface area contributed by atoms with Crippen LogP contribution in [0.2, 0.25) is 0 Å². The number of benzene rings is 1. The lowest BCUT2D eigenvalue weighted by Gasteiger charge is -2.36. The molecule has 1 unspecified atom stereocenters. The standard InChI is InChI=1S/C25H42N6O6/c1-27-7-8-28(2)10-12-30(17-23(32)33)14-13-29(11-9-27)16-22(15-20-3-5-21(26)6-4-20)31(18-24(34)35)19-25(36)37/h3-6,22H,7-19,26H2,1-2H3,(H,32,33)(H,34,35)(H,36,37). The molecule has 0 radical (unpaired) electrons. The maximum atomic E-state index is 11.6. The van der Waals surface area contributed by atoms with Crippen molar-refractivity contribution in [3.05, 3.63) is 29.8 Å². The normalized spacial score (nSPS) is 18.7. The van der Waals surface area contributed by atoms with Crippen LogP contribution in [0.4, 0.5) is 5.69 Å². The maximum Gasteiger partial charge on any atom is 0.317 e. The molecule has 1 atom stereocenters. The van der Waals surface area contributed by atoms with Crippen LogP contribution in [0.5, 0.6) is 0 Å². The molecule has 208 valence electrons. The van der Waals surface area contributed by atoms with E-state index in [1.807, 2.05) is 24.1 Å². The van der Waals surface area contributed by atoms with Crippen LogP contribution in [-0.4, -0.2) is 156 Å². The van der Waals surface area contributed by atoms with Crippen LogP contribution in [0.3, 0.4) is 0 Å². The van der Waals surface area contributed by atoms with Crippen molar-refractivity contribution >= 4 is 23.6 Å². The Balaban J connectivity index is 2.28. The topological polar surface area (TPSA) is 154 Å². The van der Waals surface area contributed by atoms with Gasteiger partial charge in [-0.05, 0) is 38.2 Å². The highest BCUT2D eigenvalue weighted by molar-refractivity contribution is 5.72. The molecule has 2 rings (SSSR count). The number of aliphatic carboxylic acids is 3. The van der Waals surface area contributed by atoms with Crippen molar-refractivity contribution in [1.29, 1.82) is 0 Å². The Morgan fingerprint density at radius 2 is 1.24 bits per heavy atom. The molecule has 0 saturated carbocycles. The second-order valence-electron chi connectivity index (χ2n) is 9.87. The van der Waals surface area contributed by atoms with E-state index in [4.69, 9.17) is 5.73 Å². The number of carboxylic acid groups (broad SMARTS) is 3. The summed E-state index contributed by atoms with van der Waals surface area (Å²) in [6, 6.07) is 6.91. The number of carboxylic acids is 3. The highest BCUT2D eigenvalue weighted by Gasteiger charge is 2.26. The minimum absolute atomic E-state index is 0.0550. The number of hydrogen-bond donors (Lipinski definition) is 4. The molecule has 12 heteroatoms. The van der Waals surface area contributed by atoms with Crippen molar-refractivity contribution in [2.75, 3.05) is 98.4 Å². The van der Waals surface area contributed by atoms with Gasteiger partial charge < -0.3 is 30.9 Å². The van der Waals surface area contributed by atoms with Gasteiger partial charge in [0.2, 0.25) is 0 Å². The van der Waals surface area contributed by atoms with E-state index in [2.05, 4.69) is 21.7 Å². The van der Waals surface area contributed by atoms with Gasteiger partial charge in [0.15, 0.2) is 0 Å². The minimum Gasteiger partial charge on any atom is -0.480 e. The summed E-state index contributed by atoms with van der Waals surface area (Å²) >= 11 is 0. The van der Waals surface area contributed by atoms with Gasteiger partial charge in [-0.25, -0.2) is 0 Å². The van der Waals surface area contributed by atoms with Crippen molar-refractivity contribution in [3.8, 4) is 0 Å². The second kappa shape index (κ2) is 15.5. The van der Waals surface area contributed by atoms with Gasteiger partial charge in [-0.1, -0.05) is 12.1 Å². The van der Waals surface area contributed by atoms with Gasteiger partial charge in [0.1, 0.15) is 0 Å². The fourth-order valence-corrected chi connectivity index (χ4v) is 4.42. The zero-order valence-corrected chi connectivity index (χ0v) is 22.0. The van der Waals surface area contributed by atoms with Gasteiger partial charge in [-0.15, -0.1) is 0 Å². The molecule has 37 heavy (non-hydrogen) atoms. The average molecular weight is 523 g/mol. The molecule has 0 bridgehead atoms. The molecule has 1 aliphatic heterocycles. The fourth-order valence-electron chi connectivity index (χ4n) is 4.42. The van der Waals surface area contributed by atoms with Crippen LogP contribution >= 0.6 is 0 Å². The predicted octanol–water partition coefficient (Wildman–Crippen LogP) is -0.783. The first-order valence-electron chi connectivity index (χ1n) is 12.6. The lowest BCUT2D eigenvalue weighted by atomic mass is 10.0. The summed E-state index contributed by atoms with van der Waals surface area (Å²) in [5.41, 5.74) is 7.37. The number of carbonyl (C=O) groups is 3. The Morgan fingerprint density at radius 3 is 1.76 bits per heavy atom. The molecule has 1 heterocycles. The predicted molar refractivity (Wildman–Crippen MR) is 141 cm³/mol. The number of anilines is 1. The summed E-state index contributed by atoms with van der Waals surface area (Å²) in [6.07, 6.45) is 0.455. The van der Waals surface area contributed by atoms with Crippen molar-refractivity contribution in [2.24, 2.45) is 0 Å². The largest absolute Gasteiger partial charge is 0.480 e. The van der Waals surface area contributed by atoms with Gasteiger partial charge in [0.25, 0.3) is 0 Å². The second-order valence-corrected chi connectivity index (χ2v) is 9.87. The molecular weight excluding hydrogens is 480 g/mol. The van der Waals surface area contributed by atoms with Crippen molar-refractivity contribution < 1.29 is 29.7 Å². The number of likely N-dealkylation sites (N-methyl/N-ethyl adjacent to an activating group) is 2. The van der Waals surface area contributed by atoms with E-state index in [9.17, 15) is 29.7 Å². The molecule has 1 aliphatic rings. The molecule has 0 spiro atoms. The molecule has 1 aromatic rings. The SMILES string of the molecule is CN1CCN(C)CCN(CC(Cc2ccc(N)cc2)N(CC(=O)O)CC(=O)O)CCN(CC(=O)O)CC1. The quantitative estimate of drug-likeness (QED) is 0.269. The van der Waals surface area contributed by atoms with Crippen LogP contribution in [0, 0.1) is 0 Å². The van der Waals surface area contributed by atoms with Gasteiger partial charge in [0, 0.05) is 70.6 Å². The van der Waals surface area contributed by atoms with Crippen LogP contribution in [-0.2, 0) is 20.8 Å². The van der Waals surface area contributed by atoms with E-state index >= 15 is 0 Å². The first kappa shape index (κ1) is 30.5. The summed E-state index contributed by atoms with van der Waals surface area (Å²) in [5, 5.41) is 28.4. The summed E-state index contributed by atoms with van der Waals surface area (Å²) in [4.78, 5) is 44.7. The summed E-state index contributed by atoms with van der Waals surface area (Å²) < 4.78 is 0. The third-order valence-corrected chi connectivity index (χ3v) is 6.66. The van der Waals surface area contributed by atoms with Crippen molar-refractivity contribution in [2.45, 2.75) is 12.5 Å². The number of rotatable bonds is 11. The third-order valence-electron chi connectivity index (χ3n) is 6.66. The summed E-state index contributed by atoms with van der Waals surface area (Å²) in [6.45, 7) is 5.30. The smallest absolute Gasteiger partial charge is 0.317 e. The number of nitrogens with two attached hydrogens (primary N) is 1. The van der Waals surface area contributed by atoms with Crippen LogP contribution < -0.4 is 5.73 Å². The zero-order chi connectivity index (χ0) is 27.4. The first-order valence-corrected chi connectivity index (χ1v) is 12.6. The Bertz CT molecular complexity index is 854. The van der Waals surface area contributed by atoms with Gasteiger partial charge in [0.05, 0.1) is 19.6 Å². The Kier molecular flexibility index (Phi) is 12.7. The Hall–Kier alpha value is -2.77. The minimum atomic E-state index is -1.09. The molecule has 1 aromatic carbocycles.